The smallest absolute Gasteiger partial charge is 0.323 e. The second-order valence-electron chi connectivity index (χ2n) is 4.01. The maximum Gasteiger partial charge on any atom is 0.323 e. The van der Waals surface area contributed by atoms with Gasteiger partial charge in [-0.3, -0.25) is 9.59 Å². The molecule has 0 aromatic heterocycles. The van der Waals surface area contributed by atoms with Gasteiger partial charge in [-0.05, 0) is 19.8 Å². The van der Waals surface area contributed by atoms with Crippen molar-refractivity contribution >= 4 is 11.9 Å². The Bertz CT molecular complexity index is 258. The quantitative estimate of drug-likeness (QED) is 0.632. The molecule has 0 aromatic carbocycles. The van der Waals surface area contributed by atoms with Crippen LogP contribution in [-0.2, 0) is 14.3 Å². The molecule has 100 valence electrons. The van der Waals surface area contributed by atoms with Gasteiger partial charge in [-0.15, -0.1) is 0 Å². The largest absolute Gasteiger partial charge is 0.480 e. The summed E-state index contributed by atoms with van der Waals surface area (Å²) >= 11 is 0. The lowest BCUT2D eigenvalue weighted by Crippen LogP contribution is -2.49. The summed E-state index contributed by atoms with van der Waals surface area (Å²) in [6.45, 7) is 3.78. The monoisotopic (exact) mass is 246 g/mol. The number of methoxy groups -OCH3 is 1. The fourth-order valence-electron chi connectivity index (χ4n) is 1.40. The average Bonchev–Trinajstić information content (AvgIpc) is 2.30. The van der Waals surface area contributed by atoms with Crippen LogP contribution in [0, 0.1) is 0 Å². The van der Waals surface area contributed by atoms with E-state index < -0.39 is 12.0 Å². The van der Waals surface area contributed by atoms with Crippen LogP contribution in [0.1, 0.15) is 26.7 Å². The molecule has 0 aromatic rings. The second kappa shape index (κ2) is 8.03. The van der Waals surface area contributed by atoms with Crippen LogP contribution in [0.3, 0.4) is 0 Å². The van der Waals surface area contributed by atoms with Crippen LogP contribution in [0.25, 0.3) is 0 Å². The molecular formula is C11H22N2O4. The lowest BCUT2D eigenvalue weighted by atomic mass is 10.1. The van der Waals surface area contributed by atoms with Crippen molar-refractivity contribution in [2.75, 3.05) is 20.3 Å². The molecule has 0 rings (SSSR count). The Hall–Kier alpha value is -1.14. The molecular weight excluding hydrogens is 224 g/mol. The van der Waals surface area contributed by atoms with Crippen molar-refractivity contribution in [2.45, 2.75) is 38.8 Å². The summed E-state index contributed by atoms with van der Waals surface area (Å²) in [5, 5.41) is 8.78. The minimum atomic E-state index is -1.03. The van der Waals surface area contributed by atoms with Crippen molar-refractivity contribution in [3.05, 3.63) is 0 Å². The van der Waals surface area contributed by atoms with Crippen LogP contribution in [0.5, 0.6) is 0 Å². The fourth-order valence-corrected chi connectivity index (χ4v) is 1.40. The first-order chi connectivity index (χ1) is 7.93. The number of carboxylic acids is 1. The van der Waals surface area contributed by atoms with E-state index in [4.69, 9.17) is 15.6 Å². The number of nitrogens with zero attached hydrogens (tertiary/aromatic N) is 1. The van der Waals surface area contributed by atoms with Crippen molar-refractivity contribution in [2.24, 2.45) is 5.73 Å². The van der Waals surface area contributed by atoms with Crippen molar-refractivity contribution in [1.29, 1.82) is 0 Å². The predicted octanol–water partition coefficient (Wildman–Crippen LogP) is 0.0619. The Labute approximate surface area is 102 Å². The van der Waals surface area contributed by atoms with E-state index in [9.17, 15) is 9.59 Å². The van der Waals surface area contributed by atoms with Crippen LogP contribution in [0.15, 0.2) is 0 Å². The van der Waals surface area contributed by atoms with E-state index >= 15 is 0 Å². The molecule has 6 heteroatoms. The van der Waals surface area contributed by atoms with E-state index in [-0.39, 0.29) is 18.5 Å². The molecule has 0 aliphatic rings. The van der Waals surface area contributed by atoms with Crippen LogP contribution >= 0.6 is 0 Å². The first-order valence-electron chi connectivity index (χ1n) is 5.70. The number of aliphatic carboxylic acids is 1. The van der Waals surface area contributed by atoms with Crippen molar-refractivity contribution < 1.29 is 19.4 Å². The molecule has 2 unspecified atom stereocenters. The number of hydrogen-bond acceptors (Lipinski definition) is 4. The van der Waals surface area contributed by atoms with E-state index in [1.54, 1.807) is 0 Å². The third-order valence-corrected chi connectivity index (χ3v) is 2.66. The Kier molecular flexibility index (Phi) is 7.49. The van der Waals surface area contributed by atoms with Gasteiger partial charge in [0.1, 0.15) is 6.54 Å². The SMILES string of the molecule is CCC(C)N(CC(=O)O)C(=O)C(N)CCOC. The molecule has 1 amide bonds. The molecule has 0 heterocycles. The molecule has 0 fully saturated rings. The average molecular weight is 246 g/mol. The van der Waals surface area contributed by atoms with Crippen LogP contribution in [-0.4, -0.2) is 54.2 Å². The third kappa shape index (κ3) is 5.65. The second-order valence-corrected chi connectivity index (χ2v) is 4.01. The summed E-state index contributed by atoms with van der Waals surface area (Å²) in [5.41, 5.74) is 5.71. The molecule has 0 radical (unpaired) electrons. The molecule has 6 nitrogen and oxygen atoms in total. The zero-order valence-corrected chi connectivity index (χ0v) is 10.7. The van der Waals surface area contributed by atoms with Crippen LogP contribution in [0.4, 0.5) is 0 Å². The highest BCUT2D eigenvalue weighted by atomic mass is 16.5. The number of carbonyl (C=O) groups excluding carboxylic acids is 1. The maximum absolute atomic E-state index is 12.0. The minimum Gasteiger partial charge on any atom is -0.480 e. The normalized spacial score (nSPS) is 14.1. The van der Waals surface area contributed by atoms with E-state index in [1.165, 1.54) is 12.0 Å². The summed E-state index contributed by atoms with van der Waals surface area (Å²) in [6, 6.07) is -0.838. The molecule has 2 atom stereocenters. The molecule has 0 saturated heterocycles. The molecule has 0 saturated carbocycles. The van der Waals surface area contributed by atoms with Gasteiger partial charge < -0.3 is 20.5 Å². The van der Waals surface area contributed by atoms with E-state index in [2.05, 4.69) is 0 Å². The number of carboxylic acid groups (broad SMARTS) is 1. The zero-order chi connectivity index (χ0) is 13.4. The highest BCUT2D eigenvalue weighted by Gasteiger charge is 2.25. The standard InChI is InChI=1S/C11H22N2O4/c1-4-8(2)13(7-10(14)15)11(16)9(12)5-6-17-3/h8-9H,4-7,12H2,1-3H3,(H,14,15). The summed E-state index contributed by atoms with van der Waals surface area (Å²) in [4.78, 5) is 24.0. The first kappa shape index (κ1) is 15.9. The number of nitrogens with two attached hydrogens (primary N) is 1. The molecule has 0 aliphatic carbocycles. The van der Waals surface area contributed by atoms with Gasteiger partial charge >= 0.3 is 5.97 Å². The van der Waals surface area contributed by atoms with Gasteiger partial charge in [0.05, 0.1) is 6.04 Å². The molecule has 0 aliphatic heterocycles. The Balaban J connectivity index is 4.56. The lowest BCUT2D eigenvalue weighted by Gasteiger charge is -2.29. The van der Waals surface area contributed by atoms with Gasteiger partial charge in [0.25, 0.3) is 0 Å². The van der Waals surface area contributed by atoms with Crippen molar-refractivity contribution in [3.8, 4) is 0 Å². The number of amides is 1. The predicted molar refractivity (Wildman–Crippen MR) is 63.6 cm³/mol. The highest BCUT2D eigenvalue weighted by molar-refractivity contribution is 5.85. The van der Waals surface area contributed by atoms with Gasteiger partial charge in [0, 0.05) is 19.8 Å². The van der Waals surface area contributed by atoms with Crippen molar-refractivity contribution in [3.63, 3.8) is 0 Å². The van der Waals surface area contributed by atoms with Gasteiger partial charge in [0.15, 0.2) is 0 Å². The molecule has 0 bridgehead atoms. The van der Waals surface area contributed by atoms with Crippen LogP contribution < -0.4 is 5.73 Å². The molecule has 0 spiro atoms. The van der Waals surface area contributed by atoms with Gasteiger partial charge in [-0.2, -0.15) is 0 Å². The van der Waals surface area contributed by atoms with E-state index in [1.807, 2.05) is 13.8 Å². The summed E-state index contributed by atoms with van der Waals surface area (Å²) in [7, 11) is 1.53. The van der Waals surface area contributed by atoms with Gasteiger partial charge in [-0.25, -0.2) is 0 Å². The minimum absolute atomic E-state index is 0.132. The Morgan fingerprint density at radius 2 is 2.06 bits per heavy atom. The number of ether oxygens (including phenoxy) is 1. The van der Waals surface area contributed by atoms with E-state index in [0.29, 0.717) is 19.4 Å². The third-order valence-electron chi connectivity index (χ3n) is 2.66. The highest BCUT2D eigenvalue weighted by Crippen LogP contribution is 2.07. The summed E-state index contributed by atoms with van der Waals surface area (Å²) in [6.07, 6.45) is 1.08. The lowest BCUT2D eigenvalue weighted by molar-refractivity contribution is -0.146. The van der Waals surface area contributed by atoms with Crippen LogP contribution in [0.2, 0.25) is 0 Å². The number of carbonyl (C=O) groups is 2. The molecule has 3 N–H and O–H groups in total. The van der Waals surface area contributed by atoms with Crippen molar-refractivity contribution in [1.82, 2.24) is 4.90 Å². The van der Waals surface area contributed by atoms with E-state index in [0.717, 1.165) is 0 Å². The number of hydrogen-bond donors (Lipinski definition) is 2. The zero-order valence-electron chi connectivity index (χ0n) is 10.7. The van der Waals surface area contributed by atoms with Gasteiger partial charge in [-0.1, -0.05) is 6.92 Å². The Morgan fingerprint density at radius 1 is 1.47 bits per heavy atom. The fraction of sp³-hybridized carbons (Fsp3) is 0.818. The summed E-state index contributed by atoms with van der Waals surface area (Å²) < 4.78 is 4.84. The first-order valence-corrected chi connectivity index (χ1v) is 5.70. The molecule has 17 heavy (non-hydrogen) atoms. The Morgan fingerprint density at radius 3 is 2.47 bits per heavy atom. The topological polar surface area (TPSA) is 92.9 Å². The summed E-state index contributed by atoms with van der Waals surface area (Å²) in [5.74, 6) is -1.36. The maximum atomic E-state index is 12.0. The van der Waals surface area contributed by atoms with Gasteiger partial charge in [0.2, 0.25) is 5.91 Å². The number of rotatable bonds is 8.